The Hall–Kier alpha value is -1.40. The Morgan fingerprint density at radius 1 is 1.20 bits per heavy atom. The van der Waals surface area contributed by atoms with Crippen molar-refractivity contribution in [3.05, 3.63) is 35.1 Å². The van der Waals surface area contributed by atoms with E-state index < -0.39 is 5.54 Å². The molecule has 1 aromatic rings. The first-order valence-electron chi connectivity index (χ1n) is 7.72. The lowest BCUT2D eigenvalue weighted by Crippen LogP contribution is -2.45. The molecule has 2 aliphatic rings. The van der Waals surface area contributed by atoms with Gasteiger partial charge in [0.1, 0.15) is 11.4 Å². The van der Waals surface area contributed by atoms with Gasteiger partial charge in [-0.25, -0.2) is 4.39 Å². The molecular weight excluding hydrogens is 251 g/mol. The van der Waals surface area contributed by atoms with E-state index in [0.29, 0.717) is 18.9 Å². The molecule has 0 aliphatic heterocycles. The third-order valence-electron chi connectivity index (χ3n) is 4.83. The van der Waals surface area contributed by atoms with Crippen LogP contribution in [-0.2, 0) is 12.0 Å². The minimum absolute atomic E-state index is 0.165. The molecule has 2 nitrogen and oxygen atoms in total. The summed E-state index contributed by atoms with van der Waals surface area (Å²) in [6, 6.07) is 7.98. The second-order valence-corrected chi connectivity index (χ2v) is 6.12. The quantitative estimate of drug-likeness (QED) is 0.831. The zero-order valence-electron chi connectivity index (χ0n) is 11.8. The first-order valence-corrected chi connectivity index (χ1v) is 7.72. The molecule has 1 saturated carbocycles. The van der Waals surface area contributed by atoms with Gasteiger partial charge in [0.15, 0.2) is 0 Å². The van der Waals surface area contributed by atoms with Gasteiger partial charge in [-0.05, 0) is 42.9 Å². The maximum absolute atomic E-state index is 13.9. The Bertz CT molecular complexity index is 526. The lowest BCUT2D eigenvalue weighted by molar-refractivity contribution is 0.334. The fourth-order valence-electron chi connectivity index (χ4n) is 3.73. The van der Waals surface area contributed by atoms with Gasteiger partial charge in [0.25, 0.3) is 0 Å². The van der Waals surface area contributed by atoms with Crippen LogP contribution in [0.25, 0.3) is 0 Å². The number of nitriles is 1. The van der Waals surface area contributed by atoms with Crippen molar-refractivity contribution in [1.29, 1.82) is 5.26 Å². The van der Waals surface area contributed by atoms with Crippen molar-refractivity contribution < 1.29 is 4.39 Å². The number of halogens is 1. The molecule has 0 heterocycles. The van der Waals surface area contributed by atoms with Crippen LogP contribution in [0.1, 0.15) is 56.1 Å². The monoisotopic (exact) mass is 272 g/mol. The number of benzene rings is 1. The summed E-state index contributed by atoms with van der Waals surface area (Å²) >= 11 is 0. The van der Waals surface area contributed by atoms with E-state index in [2.05, 4.69) is 11.4 Å². The van der Waals surface area contributed by atoms with Gasteiger partial charge in [0.2, 0.25) is 0 Å². The molecule has 1 N–H and O–H groups in total. The van der Waals surface area contributed by atoms with E-state index in [4.69, 9.17) is 0 Å². The summed E-state index contributed by atoms with van der Waals surface area (Å²) in [5.74, 6) is -0.165. The minimum Gasteiger partial charge on any atom is -0.293 e. The summed E-state index contributed by atoms with van der Waals surface area (Å²) < 4.78 is 13.9. The van der Waals surface area contributed by atoms with Gasteiger partial charge in [-0.3, -0.25) is 5.32 Å². The zero-order valence-corrected chi connectivity index (χ0v) is 11.8. The van der Waals surface area contributed by atoms with Crippen LogP contribution in [0.3, 0.4) is 0 Å². The third-order valence-corrected chi connectivity index (χ3v) is 4.83. The van der Waals surface area contributed by atoms with Crippen LogP contribution in [0.15, 0.2) is 18.2 Å². The van der Waals surface area contributed by atoms with Crippen molar-refractivity contribution in [2.75, 3.05) is 0 Å². The highest BCUT2D eigenvalue weighted by molar-refractivity contribution is 5.44. The van der Waals surface area contributed by atoms with E-state index >= 15 is 0 Å². The Balaban J connectivity index is 1.87. The smallest absolute Gasteiger partial charge is 0.133 e. The summed E-state index contributed by atoms with van der Waals surface area (Å²) in [5, 5.41) is 13.3. The number of hydrogen-bond donors (Lipinski definition) is 1. The second kappa shape index (κ2) is 5.54. The van der Waals surface area contributed by atoms with Gasteiger partial charge in [0, 0.05) is 6.04 Å². The number of nitrogens with zero attached hydrogens (tertiary/aromatic N) is 1. The Morgan fingerprint density at radius 2 is 1.95 bits per heavy atom. The lowest BCUT2D eigenvalue weighted by atomic mass is 9.91. The fraction of sp³-hybridized carbons (Fsp3) is 0.588. The van der Waals surface area contributed by atoms with E-state index in [1.165, 1.54) is 31.7 Å². The molecule has 20 heavy (non-hydrogen) atoms. The molecule has 1 unspecified atom stereocenters. The van der Waals surface area contributed by atoms with E-state index in [9.17, 15) is 9.65 Å². The summed E-state index contributed by atoms with van der Waals surface area (Å²) in [4.78, 5) is 0. The summed E-state index contributed by atoms with van der Waals surface area (Å²) in [7, 11) is 0. The molecule has 0 amide bonds. The maximum atomic E-state index is 13.9. The van der Waals surface area contributed by atoms with Crippen molar-refractivity contribution in [3.8, 4) is 6.07 Å². The van der Waals surface area contributed by atoms with Gasteiger partial charge in [-0.15, -0.1) is 0 Å². The topological polar surface area (TPSA) is 35.8 Å². The standard InChI is InChI=1S/C17H21FN2/c18-16-9-5-8-15-14(16)10-11-17(15,12-19)20-13-6-3-1-2-4-7-13/h5,8-9,13,20H,1-4,6-7,10-11H2. The average Bonchev–Trinajstić information content (AvgIpc) is 2.65. The SMILES string of the molecule is N#CC1(NC2CCCCCC2)CCc2c(F)cccc21. The van der Waals surface area contributed by atoms with Gasteiger partial charge >= 0.3 is 0 Å². The van der Waals surface area contributed by atoms with Crippen LogP contribution >= 0.6 is 0 Å². The van der Waals surface area contributed by atoms with E-state index in [1.54, 1.807) is 6.07 Å². The first-order chi connectivity index (χ1) is 9.75. The molecule has 2 aliphatic carbocycles. The largest absolute Gasteiger partial charge is 0.293 e. The molecular formula is C17H21FN2. The van der Waals surface area contributed by atoms with Gasteiger partial charge in [-0.1, -0.05) is 37.8 Å². The number of nitrogens with one attached hydrogen (secondary N) is 1. The average molecular weight is 272 g/mol. The van der Waals surface area contributed by atoms with Crippen molar-refractivity contribution in [2.24, 2.45) is 0 Å². The normalized spacial score (nSPS) is 26.8. The highest BCUT2D eigenvalue weighted by Crippen LogP contribution is 2.39. The molecule has 3 heteroatoms. The van der Waals surface area contributed by atoms with Gasteiger partial charge in [-0.2, -0.15) is 5.26 Å². The van der Waals surface area contributed by atoms with Crippen molar-refractivity contribution in [1.82, 2.24) is 5.32 Å². The predicted octanol–water partition coefficient (Wildman–Crippen LogP) is 3.80. The second-order valence-electron chi connectivity index (χ2n) is 6.12. The van der Waals surface area contributed by atoms with Crippen LogP contribution in [0.2, 0.25) is 0 Å². The Morgan fingerprint density at radius 3 is 2.65 bits per heavy atom. The van der Waals surface area contributed by atoms with Crippen molar-refractivity contribution in [2.45, 2.75) is 62.9 Å². The highest BCUT2D eigenvalue weighted by atomic mass is 19.1. The molecule has 0 bridgehead atoms. The van der Waals surface area contributed by atoms with E-state index in [1.807, 2.05) is 6.07 Å². The number of hydrogen-bond acceptors (Lipinski definition) is 2. The molecule has 3 rings (SSSR count). The Labute approximate surface area is 120 Å². The van der Waals surface area contributed by atoms with Crippen molar-refractivity contribution in [3.63, 3.8) is 0 Å². The first kappa shape index (κ1) is 13.6. The molecule has 1 fully saturated rings. The van der Waals surface area contributed by atoms with Crippen LogP contribution in [-0.4, -0.2) is 6.04 Å². The highest BCUT2D eigenvalue weighted by Gasteiger charge is 2.41. The number of rotatable bonds is 2. The van der Waals surface area contributed by atoms with Crippen LogP contribution in [0.4, 0.5) is 4.39 Å². The fourth-order valence-corrected chi connectivity index (χ4v) is 3.73. The molecule has 0 radical (unpaired) electrons. The zero-order chi connectivity index (χ0) is 14.0. The van der Waals surface area contributed by atoms with Crippen molar-refractivity contribution >= 4 is 0 Å². The summed E-state index contributed by atoms with van der Waals surface area (Å²) in [6.45, 7) is 0. The van der Waals surface area contributed by atoms with Gasteiger partial charge in [0.05, 0.1) is 6.07 Å². The third kappa shape index (κ3) is 2.33. The summed E-state index contributed by atoms with van der Waals surface area (Å²) in [6.07, 6.45) is 8.67. The lowest BCUT2D eigenvalue weighted by Gasteiger charge is -2.29. The molecule has 1 aromatic carbocycles. The number of fused-ring (bicyclic) bond motifs is 1. The van der Waals surface area contributed by atoms with E-state index in [-0.39, 0.29) is 5.82 Å². The van der Waals surface area contributed by atoms with E-state index in [0.717, 1.165) is 24.0 Å². The maximum Gasteiger partial charge on any atom is 0.133 e. The molecule has 0 spiro atoms. The summed E-state index contributed by atoms with van der Waals surface area (Å²) in [5.41, 5.74) is 0.923. The van der Waals surface area contributed by atoms with Crippen LogP contribution < -0.4 is 5.32 Å². The Kier molecular flexibility index (Phi) is 3.76. The molecule has 106 valence electrons. The molecule has 0 aromatic heterocycles. The minimum atomic E-state index is -0.674. The molecule has 1 atom stereocenters. The van der Waals surface area contributed by atoms with Crippen LogP contribution in [0.5, 0.6) is 0 Å². The van der Waals surface area contributed by atoms with Gasteiger partial charge < -0.3 is 0 Å². The molecule has 0 saturated heterocycles. The van der Waals surface area contributed by atoms with Crippen LogP contribution in [0, 0.1) is 17.1 Å². The predicted molar refractivity (Wildman–Crippen MR) is 76.6 cm³/mol.